The van der Waals surface area contributed by atoms with Gasteiger partial charge in [-0.1, -0.05) is 19.8 Å². The molecule has 2 atom stereocenters. The van der Waals surface area contributed by atoms with Crippen LogP contribution >= 0.6 is 0 Å². The molecule has 1 unspecified atom stereocenters. The van der Waals surface area contributed by atoms with Gasteiger partial charge in [-0.25, -0.2) is 4.79 Å². The van der Waals surface area contributed by atoms with Gasteiger partial charge in [0.25, 0.3) is 0 Å². The SMILES string of the molecule is CCCC[C@@H](O)C(O)C(=O)O. The first-order valence-electron chi connectivity index (χ1n) is 3.68. The maximum atomic E-state index is 10.1. The standard InChI is InChI=1S/C7H14O4/c1-2-3-4-5(8)6(9)7(10)11/h5-6,8-9H,2-4H2,1H3,(H,10,11)/t5-,6?/m1/s1. The first kappa shape index (κ1) is 10.4. The van der Waals surface area contributed by atoms with Gasteiger partial charge in [0.1, 0.15) is 0 Å². The number of carboxylic acid groups (broad SMARTS) is 1. The van der Waals surface area contributed by atoms with Crippen LogP contribution in [0.15, 0.2) is 0 Å². The Hall–Kier alpha value is -0.610. The molecule has 0 aromatic heterocycles. The van der Waals surface area contributed by atoms with E-state index in [1.807, 2.05) is 6.92 Å². The zero-order valence-electron chi connectivity index (χ0n) is 6.53. The second-order valence-corrected chi connectivity index (χ2v) is 2.49. The fraction of sp³-hybridized carbons (Fsp3) is 0.857. The fourth-order valence-corrected chi connectivity index (χ4v) is 0.736. The van der Waals surface area contributed by atoms with Gasteiger partial charge >= 0.3 is 5.97 Å². The smallest absolute Gasteiger partial charge is 0.335 e. The minimum absolute atomic E-state index is 0.337. The van der Waals surface area contributed by atoms with Crippen molar-refractivity contribution >= 4 is 5.97 Å². The van der Waals surface area contributed by atoms with Crippen molar-refractivity contribution in [3.05, 3.63) is 0 Å². The van der Waals surface area contributed by atoms with Gasteiger partial charge in [0.2, 0.25) is 0 Å². The molecule has 4 nitrogen and oxygen atoms in total. The lowest BCUT2D eigenvalue weighted by molar-refractivity contribution is -0.153. The van der Waals surface area contributed by atoms with E-state index in [9.17, 15) is 4.79 Å². The summed E-state index contributed by atoms with van der Waals surface area (Å²) in [5, 5.41) is 26.0. The average Bonchev–Trinajstić information content (AvgIpc) is 1.98. The Bertz CT molecular complexity index is 124. The van der Waals surface area contributed by atoms with Gasteiger partial charge in [0.15, 0.2) is 6.10 Å². The molecule has 0 bridgehead atoms. The van der Waals surface area contributed by atoms with Crippen LogP contribution in [0.2, 0.25) is 0 Å². The Labute approximate surface area is 65.5 Å². The molecule has 3 N–H and O–H groups in total. The zero-order valence-corrected chi connectivity index (χ0v) is 6.53. The minimum Gasteiger partial charge on any atom is -0.479 e. The summed E-state index contributed by atoms with van der Waals surface area (Å²) in [4.78, 5) is 10.1. The van der Waals surface area contributed by atoms with E-state index < -0.39 is 18.2 Å². The summed E-state index contributed by atoms with van der Waals surface area (Å²) >= 11 is 0. The van der Waals surface area contributed by atoms with Crippen LogP contribution in [0, 0.1) is 0 Å². The Morgan fingerprint density at radius 2 is 2.00 bits per heavy atom. The van der Waals surface area contributed by atoms with Crippen molar-refractivity contribution in [2.24, 2.45) is 0 Å². The number of aliphatic hydroxyl groups is 2. The van der Waals surface area contributed by atoms with E-state index in [0.29, 0.717) is 6.42 Å². The van der Waals surface area contributed by atoms with Crippen molar-refractivity contribution in [1.29, 1.82) is 0 Å². The predicted octanol–water partition coefficient (Wildman–Crippen LogP) is -0.0170. The van der Waals surface area contributed by atoms with Crippen LogP contribution in [0.5, 0.6) is 0 Å². The van der Waals surface area contributed by atoms with Crippen LogP contribution in [0.1, 0.15) is 26.2 Å². The minimum atomic E-state index is -1.64. The maximum Gasteiger partial charge on any atom is 0.335 e. The third-order valence-electron chi connectivity index (χ3n) is 1.47. The second-order valence-electron chi connectivity index (χ2n) is 2.49. The largest absolute Gasteiger partial charge is 0.479 e. The van der Waals surface area contributed by atoms with Gasteiger partial charge in [-0.3, -0.25) is 0 Å². The van der Waals surface area contributed by atoms with Crippen LogP contribution in [-0.2, 0) is 4.79 Å². The molecule has 0 saturated heterocycles. The fourth-order valence-electron chi connectivity index (χ4n) is 0.736. The summed E-state index contributed by atoms with van der Waals surface area (Å²) in [6, 6.07) is 0. The van der Waals surface area contributed by atoms with Crippen LogP contribution in [0.3, 0.4) is 0 Å². The molecule has 0 aliphatic heterocycles. The Morgan fingerprint density at radius 1 is 1.45 bits per heavy atom. The number of aliphatic carboxylic acids is 1. The van der Waals surface area contributed by atoms with E-state index >= 15 is 0 Å². The monoisotopic (exact) mass is 162 g/mol. The molecule has 0 aromatic rings. The summed E-state index contributed by atoms with van der Waals surface area (Å²) in [5.74, 6) is -1.37. The quantitative estimate of drug-likeness (QED) is 0.531. The lowest BCUT2D eigenvalue weighted by Gasteiger charge is -2.12. The highest BCUT2D eigenvalue weighted by Gasteiger charge is 2.22. The lowest BCUT2D eigenvalue weighted by atomic mass is 10.1. The molecule has 0 aromatic carbocycles. The lowest BCUT2D eigenvalue weighted by Crippen LogP contribution is -2.33. The third kappa shape index (κ3) is 3.95. The topological polar surface area (TPSA) is 77.8 Å². The number of aliphatic hydroxyl groups excluding tert-OH is 2. The molecule has 66 valence electrons. The highest BCUT2D eigenvalue weighted by atomic mass is 16.4. The van der Waals surface area contributed by atoms with Crippen LogP contribution < -0.4 is 0 Å². The van der Waals surface area contributed by atoms with E-state index in [1.165, 1.54) is 0 Å². The summed E-state index contributed by atoms with van der Waals surface area (Å²) in [7, 11) is 0. The van der Waals surface area contributed by atoms with Crippen LogP contribution in [0.4, 0.5) is 0 Å². The average molecular weight is 162 g/mol. The Kier molecular flexibility index (Phi) is 4.81. The summed E-state index contributed by atoms with van der Waals surface area (Å²) < 4.78 is 0. The number of hydrogen-bond donors (Lipinski definition) is 3. The van der Waals surface area contributed by atoms with Gasteiger partial charge in [-0.15, -0.1) is 0 Å². The molecular formula is C7H14O4. The summed E-state index contributed by atoms with van der Waals surface area (Å²) in [6.45, 7) is 1.93. The van der Waals surface area contributed by atoms with Crippen molar-refractivity contribution in [3.8, 4) is 0 Å². The number of hydrogen-bond acceptors (Lipinski definition) is 3. The second kappa shape index (κ2) is 5.09. The van der Waals surface area contributed by atoms with E-state index in [-0.39, 0.29) is 0 Å². The first-order valence-corrected chi connectivity index (χ1v) is 3.68. The van der Waals surface area contributed by atoms with Crippen LogP contribution in [-0.4, -0.2) is 33.5 Å². The Balaban J connectivity index is 3.63. The van der Waals surface area contributed by atoms with Gasteiger partial charge in [-0.2, -0.15) is 0 Å². The third-order valence-corrected chi connectivity index (χ3v) is 1.47. The molecule has 0 rings (SSSR count). The van der Waals surface area contributed by atoms with Crippen molar-refractivity contribution < 1.29 is 20.1 Å². The number of carbonyl (C=O) groups is 1. The predicted molar refractivity (Wildman–Crippen MR) is 39.2 cm³/mol. The van der Waals surface area contributed by atoms with Gasteiger partial charge in [0.05, 0.1) is 6.10 Å². The molecule has 0 radical (unpaired) electrons. The molecule has 0 heterocycles. The van der Waals surface area contributed by atoms with E-state index in [4.69, 9.17) is 15.3 Å². The van der Waals surface area contributed by atoms with E-state index in [2.05, 4.69) is 0 Å². The van der Waals surface area contributed by atoms with Gasteiger partial charge in [-0.05, 0) is 6.42 Å². The summed E-state index contributed by atoms with van der Waals surface area (Å²) in [6.07, 6.45) is -0.826. The first-order chi connectivity index (χ1) is 5.09. The molecular weight excluding hydrogens is 148 g/mol. The molecule has 11 heavy (non-hydrogen) atoms. The van der Waals surface area contributed by atoms with Gasteiger partial charge in [0, 0.05) is 0 Å². The molecule has 0 spiro atoms. The number of unbranched alkanes of at least 4 members (excludes halogenated alkanes) is 1. The normalized spacial score (nSPS) is 15.9. The maximum absolute atomic E-state index is 10.1. The number of carboxylic acids is 1. The number of rotatable bonds is 5. The van der Waals surface area contributed by atoms with Crippen molar-refractivity contribution in [2.75, 3.05) is 0 Å². The van der Waals surface area contributed by atoms with Crippen LogP contribution in [0.25, 0.3) is 0 Å². The highest BCUT2D eigenvalue weighted by Crippen LogP contribution is 2.04. The Morgan fingerprint density at radius 3 is 2.36 bits per heavy atom. The summed E-state index contributed by atoms with van der Waals surface area (Å²) in [5.41, 5.74) is 0. The zero-order chi connectivity index (χ0) is 8.85. The highest BCUT2D eigenvalue weighted by molar-refractivity contribution is 5.72. The van der Waals surface area contributed by atoms with E-state index in [0.717, 1.165) is 12.8 Å². The molecule has 0 saturated carbocycles. The molecule has 4 heteroatoms. The van der Waals surface area contributed by atoms with Crippen molar-refractivity contribution in [3.63, 3.8) is 0 Å². The van der Waals surface area contributed by atoms with Crippen molar-refractivity contribution in [1.82, 2.24) is 0 Å². The van der Waals surface area contributed by atoms with E-state index in [1.54, 1.807) is 0 Å². The van der Waals surface area contributed by atoms with Crippen molar-refractivity contribution in [2.45, 2.75) is 38.4 Å². The molecule has 0 amide bonds. The molecule has 0 aliphatic carbocycles. The molecule has 0 fully saturated rings. The van der Waals surface area contributed by atoms with Gasteiger partial charge < -0.3 is 15.3 Å². The molecule has 0 aliphatic rings.